The number of nitrogens with one attached hydrogen (secondary N) is 1. The Bertz CT molecular complexity index is 991. The third-order valence-electron chi connectivity index (χ3n) is 4.28. The minimum absolute atomic E-state index is 0.0558. The molecule has 4 rings (SSSR count). The van der Waals surface area contributed by atoms with Crippen molar-refractivity contribution in [2.75, 3.05) is 17.2 Å². The molecular weight excluding hydrogens is 392 g/mol. The Kier molecular flexibility index (Phi) is 5.68. The van der Waals surface area contributed by atoms with E-state index in [1.807, 2.05) is 42.5 Å². The smallest absolute Gasteiger partial charge is 0.270 e. The van der Waals surface area contributed by atoms with Gasteiger partial charge < -0.3 is 10.2 Å². The van der Waals surface area contributed by atoms with E-state index in [2.05, 4.69) is 15.3 Å². The zero-order valence-corrected chi connectivity index (χ0v) is 16.6. The number of benzene rings is 1. The lowest BCUT2D eigenvalue weighted by atomic mass is 10.2. The van der Waals surface area contributed by atoms with Crippen molar-refractivity contribution in [3.05, 3.63) is 70.4 Å². The van der Waals surface area contributed by atoms with Crippen molar-refractivity contribution in [2.24, 2.45) is 0 Å². The van der Waals surface area contributed by atoms with Crippen LogP contribution in [0.3, 0.4) is 0 Å². The van der Waals surface area contributed by atoms with Gasteiger partial charge in [-0.3, -0.25) is 14.6 Å². The minimum Gasteiger partial charge on any atom is -0.350 e. The Morgan fingerprint density at radius 3 is 2.89 bits per heavy atom. The van der Waals surface area contributed by atoms with E-state index in [0.29, 0.717) is 31.0 Å². The molecule has 0 atom stereocenters. The molecule has 1 aliphatic rings. The first kappa shape index (κ1) is 18.6. The highest BCUT2D eigenvalue weighted by atomic mass is 32.2. The van der Waals surface area contributed by atoms with Crippen LogP contribution < -0.4 is 10.2 Å². The maximum absolute atomic E-state index is 12.4. The maximum Gasteiger partial charge on any atom is 0.270 e. The van der Waals surface area contributed by atoms with Gasteiger partial charge in [-0.25, -0.2) is 4.98 Å². The van der Waals surface area contributed by atoms with Crippen LogP contribution in [0, 0.1) is 0 Å². The second kappa shape index (κ2) is 8.53. The number of thiazole rings is 1. The van der Waals surface area contributed by atoms with Gasteiger partial charge in [0.05, 0.1) is 18.0 Å². The molecule has 1 aliphatic heterocycles. The average Bonchev–Trinajstić information content (AvgIpc) is 3.20. The van der Waals surface area contributed by atoms with Gasteiger partial charge in [0.15, 0.2) is 0 Å². The third-order valence-corrected chi connectivity index (χ3v) is 6.16. The predicted octanol–water partition coefficient (Wildman–Crippen LogP) is 3.15. The molecule has 2 aromatic heterocycles. The van der Waals surface area contributed by atoms with E-state index in [4.69, 9.17) is 0 Å². The number of rotatable bonds is 6. The maximum atomic E-state index is 12.4. The number of hydrogen-bond acceptors (Lipinski definition) is 6. The number of hydrogen-bond donors (Lipinski definition) is 1. The van der Waals surface area contributed by atoms with Crippen molar-refractivity contribution in [3.63, 3.8) is 0 Å². The van der Waals surface area contributed by atoms with Gasteiger partial charge in [-0.05, 0) is 24.3 Å². The lowest BCUT2D eigenvalue weighted by Crippen LogP contribution is -2.34. The van der Waals surface area contributed by atoms with Crippen LogP contribution in [-0.2, 0) is 17.8 Å². The molecule has 142 valence electrons. The molecule has 0 unspecified atom stereocenters. The fourth-order valence-corrected chi connectivity index (χ4v) is 4.59. The highest BCUT2D eigenvalue weighted by molar-refractivity contribution is 8.00. The van der Waals surface area contributed by atoms with Crippen LogP contribution >= 0.6 is 23.1 Å². The number of pyridine rings is 1. The first-order chi connectivity index (χ1) is 13.7. The van der Waals surface area contributed by atoms with Crippen molar-refractivity contribution in [3.8, 4) is 0 Å². The number of carbonyl (C=O) groups is 2. The van der Waals surface area contributed by atoms with Gasteiger partial charge >= 0.3 is 0 Å². The Hall–Kier alpha value is -2.71. The van der Waals surface area contributed by atoms with Crippen molar-refractivity contribution in [2.45, 2.75) is 17.9 Å². The van der Waals surface area contributed by atoms with E-state index >= 15 is 0 Å². The van der Waals surface area contributed by atoms with Crippen LogP contribution in [0.4, 0.5) is 5.69 Å². The van der Waals surface area contributed by atoms with Gasteiger partial charge in [0.1, 0.15) is 10.7 Å². The van der Waals surface area contributed by atoms with Crippen molar-refractivity contribution in [1.29, 1.82) is 0 Å². The molecule has 1 N–H and O–H groups in total. The summed E-state index contributed by atoms with van der Waals surface area (Å²) in [7, 11) is 0. The highest BCUT2D eigenvalue weighted by Crippen LogP contribution is 2.35. The number of anilines is 1. The molecular formula is C20H18N4O2S2. The van der Waals surface area contributed by atoms with Crippen molar-refractivity contribution >= 4 is 40.6 Å². The topological polar surface area (TPSA) is 75.2 Å². The Morgan fingerprint density at radius 1 is 1.18 bits per heavy atom. The Balaban J connectivity index is 1.38. The molecule has 3 heterocycles. The number of carbonyl (C=O) groups excluding carboxylic acids is 2. The van der Waals surface area contributed by atoms with Gasteiger partial charge in [-0.2, -0.15) is 0 Å². The van der Waals surface area contributed by atoms with E-state index in [-0.39, 0.29) is 11.8 Å². The minimum atomic E-state index is -0.209. The molecule has 2 amide bonds. The largest absolute Gasteiger partial charge is 0.350 e. The summed E-state index contributed by atoms with van der Waals surface area (Å²) < 4.78 is 0. The van der Waals surface area contributed by atoms with E-state index in [1.54, 1.807) is 28.2 Å². The number of aromatic nitrogens is 2. The molecule has 3 aromatic rings. The SMILES string of the molecule is O=C(NCCc1ccccn1)c1csc(CN2C(=O)CSc3ccccc32)n1. The number of para-hydroxylation sites is 1. The summed E-state index contributed by atoms with van der Waals surface area (Å²) in [6.45, 7) is 0.875. The molecule has 0 bridgehead atoms. The monoisotopic (exact) mass is 410 g/mol. The van der Waals surface area contributed by atoms with E-state index < -0.39 is 0 Å². The average molecular weight is 411 g/mol. The highest BCUT2D eigenvalue weighted by Gasteiger charge is 2.25. The summed E-state index contributed by atoms with van der Waals surface area (Å²) in [5.41, 5.74) is 2.22. The molecule has 1 aromatic carbocycles. The molecule has 0 radical (unpaired) electrons. The van der Waals surface area contributed by atoms with Gasteiger partial charge in [0.25, 0.3) is 5.91 Å². The van der Waals surface area contributed by atoms with Crippen LogP contribution in [0.25, 0.3) is 0 Å². The molecule has 28 heavy (non-hydrogen) atoms. The molecule has 0 fully saturated rings. The second-order valence-corrected chi connectivity index (χ2v) is 8.15. The number of amides is 2. The molecule has 6 nitrogen and oxygen atoms in total. The van der Waals surface area contributed by atoms with Gasteiger partial charge in [-0.1, -0.05) is 18.2 Å². The second-order valence-electron chi connectivity index (χ2n) is 6.19. The number of nitrogens with zero attached hydrogens (tertiary/aromatic N) is 3. The first-order valence-electron chi connectivity index (χ1n) is 8.85. The third kappa shape index (κ3) is 4.23. The molecule has 8 heteroatoms. The summed E-state index contributed by atoms with van der Waals surface area (Å²) in [6, 6.07) is 13.6. The summed E-state index contributed by atoms with van der Waals surface area (Å²) >= 11 is 2.94. The fourth-order valence-electron chi connectivity index (χ4n) is 2.89. The quantitative estimate of drug-likeness (QED) is 0.676. The van der Waals surface area contributed by atoms with Crippen LogP contribution in [-0.4, -0.2) is 34.1 Å². The lowest BCUT2D eigenvalue weighted by Gasteiger charge is -2.28. The van der Waals surface area contributed by atoms with Crippen LogP contribution in [0.2, 0.25) is 0 Å². The van der Waals surface area contributed by atoms with Crippen molar-refractivity contribution < 1.29 is 9.59 Å². The summed E-state index contributed by atoms with van der Waals surface area (Å²) in [5, 5.41) is 5.35. The zero-order chi connectivity index (χ0) is 19.3. The Morgan fingerprint density at radius 2 is 2.04 bits per heavy atom. The van der Waals surface area contributed by atoms with E-state index in [9.17, 15) is 9.59 Å². The molecule has 0 saturated carbocycles. The zero-order valence-electron chi connectivity index (χ0n) is 15.0. The van der Waals surface area contributed by atoms with Gasteiger partial charge in [-0.15, -0.1) is 23.1 Å². The normalized spacial score (nSPS) is 13.3. The summed E-state index contributed by atoms with van der Waals surface area (Å²) in [6.07, 6.45) is 2.41. The standard InChI is InChI=1S/C20H18N4O2S2/c25-19-13-27-17-7-2-1-6-16(17)24(19)11-18-23-15(12-28-18)20(26)22-10-8-14-5-3-4-9-21-14/h1-7,9,12H,8,10-11,13H2,(H,22,26). The fraction of sp³-hybridized carbons (Fsp3) is 0.200. The number of fused-ring (bicyclic) bond motifs is 1. The van der Waals surface area contributed by atoms with E-state index in [0.717, 1.165) is 21.3 Å². The predicted molar refractivity (Wildman–Crippen MR) is 111 cm³/mol. The molecule has 0 spiro atoms. The van der Waals surface area contributed by atoms with Crippen LogP contribution in [0.1, 0.15) is 21.2 Å². The Labute approximate surface area is 171 Å². The van der Waals surface area contributed by atoms with Crippen molar-refractivity contribution in [1.82, 2.24) is 15.3 Å². The first-order valence-corrected chi connectivity index (χ1v) is 10.7. The molecule has 0 aliphatic carbocycles. The molecule has 0 saturated heterocycles. The number of thioether (sulfide) groups is 1. The van der Waals surface area contributed by atoms with Gasteiger partial charge in [0, 0.05) is 35.1 Å². The van der Waals surface area contributed by atoms with Crippen LogP contribution in [0.15, 0.2) is 58.9 Å². The van der Waals surface area contributed by atoms with Crippen LogP contribution in [0.5, 0.6) is 0 Å². The summed E-state index contributed by atoms with van der Waals surface area (Å²) in [4.78, 5) is 36.2. The van der Waals surface area contributed by atoms with Gasteiger partial charge in [0.2, 0.25) is 5.91 Å². The lowest BCUT2D eigenvalue weighted by molar-refractivity contribution is -0.116. The summed E-state index contributed by atoms with van der Waals surface area (Å²) in [5.74, 6) is 0.267. The van der Waals surface area contributed by atoms with E-state index in [1.165, 1.54) is 11.3 Å².